The third kappa shape index (κ3) is 3.26. The fraction of sp³-hybridized carbons (Fsp3) is 0.231. The normalized spacial score (nSPS) is 12.2. The van der Waals surface area contributed by atoms with Crippen molar-refractivity contribution in [2.24, 2.45) is 7.05 Å². The number of rotatable bonds is 4. The number of benzene rings is 1. The van der Waals surface area contributed by atoms with Crippen molar-refractivity contribution >= 4 is 28.4 Å². The van der Waals surface area contributed by atoms with Crippen molar-refractivity contribution in [3.63, 3.8) is 0 Å². The molecule has 0 aliphatic carbocycles. The third-order valence-electron chi connectivity index (χ3n) is 2.78. The first-order chi connectivity index (χ1) is 9.49. The van der Waals surface area contributed by atoms with Gasteiger partial charge in [0.15, 0.2) is 0 Å². The highest BCUT2D eigenvalue weighted by Gasteiger charge is 2.11. The molecule has 0 aliphatic heterocycles. The topological polar surface area (TPSA) is 61.2 Å². The van der Waals surface area contributed by atoms with Gasteiger partial charge in [0.1, 0.15) is 17.6 Å². The first kappa shape index (κ1) is 14.7. The van der Waals surface area contributed by atoms with E-state index in [1.165, 1.54) is 6.20 Å². The second-order valence-electron chi connectivity index (χ2n) is 4.11. The van der Waals surface area contributed by atoms with Gasteiger partial charge in [-0.1, -0.05) is 11.6 Å². The number of nitrogens with zero attached hydrogens (tertiary/aromatic N) is 2. The van der Waals surface area contributed by atoms with Gasteiger partial charge in [-0.15, -0.1) is 0 Å². The summed E-state index contributed by atoms with van der Waals surface area (Å²) in [6, 6.07) is 6.46. The van der Waals surface area contributed by atoms with Gasteiger partial charge in [-0.05, 0) is 24.3 Å². The highest BCUT2D eigenvalue weighted by Crippen LogP contribution is 2.12. The van der Waals surface area contributed by atoms with Gasteiger partial charge in [0.05, 0.1) is 11.8 Å². The van der Waals surface area contributed by atoms with Crippen LogP contribution in [0.1, 0.15) is 16.2 Å². The Kier molecular flexibility index (Phi) is 4.57. The molecule has 0 fully saturated rings. The molecule has 0 saturated carbocycles. The van der Waals surface area contributed by atoms with E-state index in [1.807, 2.05) is 0 Å². The zero-order chi connectivity index (χ0) is 14.7. The summed E-state index contributed by atoms with van der Waals surface area (Å²) in [5.74, 6) is 0.104. The first-order valence-corrected chi connectivity index (χ1v) is 7.69. The molecule has 0 amide bonds. The fourth-order valence-corrected chi connectivity index (χ4v) is 2.22. The molecule has 0 aliphatic rings. The lowest BCUT2D eigenvalue weighted by molar-refractivity contribution is 0.0459. The van der Waals surface area contributed by atoms with Crippen molar-refractivity contribution in [3.05, 3.63) is 47.0 Å². The average Bonchev–Trinajstić information content (AvgIpc) is 2.76. The first-order valence-electron chi connectivity index (χ1n) is 5.75. The predicted octanol–water partition coefficient (Wildman–Crippen LogP) is 2.17. The number of carbonyl (C=O) groups is 1. The number of halogens is 1. The Labute approximate surface area is 124 Å². The molecule has 106 valence electrons. The van der Waals surface area contributed by atoms with Crippen LogP contribution in [0.5, 0.6) is 0 Å². The van der Waals surface area contributed by atoms with Crippen molar-refractivity contribution in [2.75, 3.05) is 6.26 Å². The van der Waals surface area contributed by atoms with Gasteiger partial charge in [-0.25, -0.2) is 9.78 Å². The van der Waals surface area contributed by atoms with Crippen LogP contribution in [0, 0.1) is 0 Å². The molecule has 5 nitrogen and oxygen atoms in total. The SMILES string of the molecule is Cn1c(Cl)cnc1COC(=O)c1ccc([S@@](C)=O)cc1. The smallest absolute Gasteiger partial charge is 0.338 e. The molecule has 0 unspecified atom stereocenters. The van der Waals surface area contributed by atoms with Gasteiger partial charge in [0, 0.05) is 29.0 Å². The molecular weight excluding hydrogens is 300 g/mol. The van der Waals surface area contributed by atoms with E-state index in [9.17, 15) is 9.00 Å². The molecule has 1 aromatic heterocycles. The summed E-state index contributed by atoms with van der Waals surface area (Å²) in [6.45, 7) is 0.0452. The molecule has 0 radical (unpaired) electrons. The fourth-order valence-electron chi connectivity index (χ4n) is 1.55. The molecule has 1 atom stereocenters. The van der Waals surface area contributed by atoms with Gasteiger partial charge in [-0.2, -0.15) is 0 Å². The quantitative estimate of drug-likeness (QED) is 0.812. The molecule has 2 aromatic rings. The van der Waals surface area contributed by atoms with Crippen LogP contribution >= 0.6 is 11.6 Å². The summed E-state index contributed by atoms with van der Waals surface area (Å²) in [5.41, 5.74) is 0.402. The van der Waals surface area contributed by atoms with Crippen molar-refractivity contribution in [3.8, 4) is 0 Å². The summed E-state index contributed by atoms with van der Waals surface area (Å²) in [4.78, 5) is 16.5. The minimum Gasteiger partial charge on any atom is -0.454 e. The second kappa shape index (κ2) is 6.19. The molecule has 2 rings (SSSR count). The Morgan fingerprint density at radius 1 is 1.40 bits per heavy atom. The molecule has 1 aromatic carbocycles. The molecule has 7 heteroatoms. The molecule has 0 bridgehead atoms. The lowest BCUT2D eigenvalue weighted by Gasteiger charge is -2.05. The minimum absolute atomic E-state index is 0.0452. The highest BCUT2D eigenvalue weighted by molar-refractivity contribution is 7.84. The van der Waals surface area contributed by atoms with Crippen LogP contribution in [0.4, 0.5) is 0 Å². The summed E-state index contributed by atoms with van der Waals surface area (Å²) in [6.07, 6.45) is 3.08. The van der Waals surface area contributed by atoms with E-state index in [1.54, 1.807) is 42.1 Å². The van der Waals surface area contributed by atoms with Crippen LogP contribution in [-0.2, 0) is 29.2 Å². The lowest BCUT2D eigenvalue weighted by Crippen LogP contribution is -2.08. The Morgan fingerprint density at radius 2 is 2.05 bits per heavy atom. The third-order valence-corrected chi connectivity index (χ3v) is 4.07. The summed E-state index contributed by atoms with van der Waals surface area (Å²) >= 11 is 5.84. The Hall–Kier alpha value is -1.66. The van der Waals surface area contributed by atoms with Crippen molar-refractivity contribution in [1.29, 1.82) is 0 Å². The largest absolute Gasteiger partial charge is 0.454 e. The van der Waals surface area contributed by atoms with E-state index in [0.29, 0.717) is 21.4 Å². The van der Waals surface area contributed by atoms with Crippen LogP contribution < -0.4 is 0 Å². The van der Waals surface area contributed by atoms with E-state index < -0.39 is 16.8 Å². The summed E-state index contributed by atoms with van der Waals surface area (Å²) in [5, 5.41) is 0.478. The van der Waals surface area contributed by atoms with Crippen molar-refractivity contribution < 1.29 is 13.7 Å². The maximum atomic E-state index is 11.8. The van der Waals surface area contributed by atoms with E-state index in [0.717, 1.165) is 0 Å². The maximum Gasteiger partial charge on any atom is 0.338 e. The van der Waals surface area contributed by atoms with E-state index in [4.69, 9.17) is 16.3 Å². The number of aromatic nitrogens is 2. The van der Waals surface area contributed by atoms with E-state index in [2.05, 4.69) is 4.98 Å². The van der Waals surface area contributed by atoms with Gasteiger partial charge < -0.3 is 9.30 Å². The zero-order valence-electron chi connectivity index (χ0n) is 11.0. The van der Waals surface area contributed by atoms with Gasteiger partial charge in [0.2, 0.25) is 0 Å². The van der Waals surface area contributed by atoms with E-state index >= 15 is 0 Å². The Morgan fingerprint density at radius 3 is 2.55 bits per heavy atom. The molecule has 1 heterocycles. The number of hydrogen-bond acceptors (Lipinski definition) is 4. The van der Waals surface area contributed by atoms with Gasteiger partial charge >= 0.3 is 5.97 Å². The monoisotopic (exact) mass is 312 g/mol. The lowest BCUT2D eigenvalue weighted by atomic mass is 10.2. The van der Waals surface area contributed by atoms with Crippen molar-refractivity contribution in [1.82, 2.24) is 9.55 Å². The molecule has 0 saturated heterocycles. The van der Waals surface area contributed by atoms with Crippen LogP contribution in [0.15, 0.2) is 35.4 Å². The summed E-state index contributed by atoms with van der Waals surface area (Å²) in [7, 11) is 0.676. The molecule has 20 heavy (non-hydrogen) atoms. The Bertz CT molecular complexity index is 652. The van der Waals surface area contributed by atoms with Crippen LogP contribution in [0.2, 0.25) is 5.15 Å². The average molecular weight is 313 g/mol. The van der Waals surface area contributed by atoms with Gasteiger partial charge in [-0.3, -0.25) is 4.21 Å². The summed E-state index contributed by atoms with van der Waals surface area (Å²) < 4.78 is 18.0. The Balaban J connectivity index is 2.01. The number of esters is 1. The predicted molar refractivity (Wildman–Crippen MR) is 76.1 cm³/mol. The standard InChI is InChI=1S/C13H13ClN2O3S/c1-16-11(14)7-15-12(16)8-19-13(17)9-3-5-10(6-4-9)20(2)18/h3-7H,8H2,1-2H3/t20-/m1/s1. The molecule has 0 spiro atoms. The van der Waals surface area contributed by atoms with Crippen molar-refractivity contribution in [2.45, 2.75) is 11.5 Å². The minimum atomic E-state index is -1.06. The molecular formula is C13H13ClN2O3S. The molecule has 0 N–H and O–H groups in total. The zero-order valence-corrected chi connectivity index (χ0v) is 12.6. The maximum absolute atomic E-state index is 11.8. The second-order valence-corrected chi connectivity index (χ2v) is 5.88. The number of hydrogen-bond donors (Lipinski definition) is 0. The van der Waals surface area contributed by atoms with Crippen LogP contribution in [0.25, 0.3) is 0 Å². The number of imidazole rings is 1. The number of ether oxygens (including phenoxy) is 1. The van der Waals surface area contributed by atoms with Gasteiger partial charge in [0.25, 0.3) is 0 Å². The van der Waals surface area contributed by atoms with Crippen LogP contribution in [-0.4, -0.2) is 26.0 Å². The van der Waals surface area contributed by atoms with Crippen LogP contribution in [0.3, 0.4) is 0 Å². The van der Waals surface area contributed by atoms with E-state index in [-0.39, 0.29) is 6.61 Å². The number of carbonyl (C=O) groups excluding carboxylic acids is 1. The highest BCUT2D eigenvalue weighted by atomic mass is 35.5.